The zero-order valence-corrected chi connectivity index (χ0v) is 46.9. The molecule has 0 saturated carbocycles. The van der Waals surface area contributed by atoms with Gasteiger partial charge in [-0.2, -0.15) is 0 Å². The molecule has 2 rings (SSSR count). The van der Waals surface area contributed by atoms with Crippen LogP contribution in [0.25, 0.3) is 0 Å². The summed E-state index contributed by atoms with van der Waals surface area (Å²) in [5.74, 6) is -0.384. The number of carbonyl (C=O) groups excluding carboxylic acids is 1. The van der Waals surface area contributed by atoms with Crippen molar-refractivity contribution in [1.29, 1.82) is 0 Å². The number of rotatable bonds is 31. The molecule has 6 atom stereocenters. The molecule has 350 valence electrons. The fourth-order valence-electron chi connectivity index (χ4n) is 9.63. The Morgan fingerprint density at radius 2 is 1.36 bits per heavy atom. The van der Waals surface area contributed by atoms with E-state index in [-0.39, 0.29) is 41.8 Å². The molecule has 1 saturated heterocycles. The van der Waals surface area contributed by atoms with Crippen LogP contribution in [0.4, 0.5) is 0 Å². The molecule has 0 aromatic heterocycles. The van der Waals surface area contributed by atoms with E-state index in [2.05, 4.69) is 115 Å². The second kappa shape index (κ2) is 26.2. The molecule has 1 N–H and O–H groups in total. The Hall–Kier alpha value is -1.02. The van der Waals surface area contributed by atoms with Gasteiger partial charge in [0.1, 0.15) is 0 Å². The summed E-state index contributed by atoms with van der Waals surface area (Å²) in [4.78, 5) is 13.6. The van der Waals surface area contributed by atoms with E-state index in [9.17, 15) is 9.90 Å². The molecule has 1 aliphatic rings. The first-order chi connectivity index (χ1) is 28.6. The summed E-state index contributed by atoms with van der Waals surface area (Å²) >= 11 is -2.82. The van der Waals surface area contributed by atoms with Gasteiger partial charge in [-0.1, -0.05) is 51.1 Å². The first-order valence-electron chi connectivity index (χ1n) is 24.5. The Kier molecular flexibility index (Phi) is 24.1. The van der Waals surface area contributed by atoms with Gasteiger partial charge >= 0.3 is 277 Å². The van der Waals surface area contributed by atoms with Gasteiger partial charge in [0, 0.05) is 0 Å². The smallest absolute Gasteiger partial charge is 0.0622 e. The summed E-state index contributed by atoms with van der Waals surface area (Å²) in [6.07, 6.45) is 12.8. The van der Waals surface area contributed by atoms with Crippen LogP contribution >= 0.6 is 0 Å². The minimum Gasteiger partial charge on any atom is -0.0622 e. The third kappa shape index (κ3) is 16.4. The van der Waals surface area contributed by atoms with Gasteiger partial charge in [0.25, 0.3) is 0 Å². The van der Waals surface area contributed by atoms with Crippen molar-refractivity contribution < 1.29 is 28.2 Å². The molecule has 9 heteroatoms. The van der Waals surface area contributed by atoms with Gasteiger partial charge in [-0.15, -0.1) is 0 Å². The molecule has 1 aromatic rings. The zero-order chi connectivity index (χ0) is 46.2. The number of aliphatic hydroxyl groups is 1. The molecule has 0 radical (unpaired) electrons. The number of allylic oxidation sites excluding steroid dienone is 1. The predicted octanol–water partition coefficient (Wildman–Crippen LogP) is 15.3. The number of hydrogen-bond acceptors (Lipinski definition) is 6. The molecular weight excluding hydrogens is 895 g/mol. The molecule has 61 heavy (non-hydrogen) atoms. The Balaban J connectivity index is 2.49. The van der Waals surface area contributed by atoms with Gasteiger partial charge in [0.2, 0.25) is 0 Å². The standard InChI is InChI=1S/C40H67O6Si2.3C4H9.Sn/c1-15-17-24-33(45-47(13,14)40(10,11)12)25-26-35(43-39(42)32-22-19-18-20-23-32)31(9)27-34(41)37-38(44-37)36(21-16-2)46-48(28(3)4,29(5)6)30(7)8;3*1-3-4-2;/h15,17-20,22-23,28-30,33-38,41H,2,9,21,24-27H2,1,3-8,10-14H3;3*1,3-4H2,2H3;/b17-15-;;;;/t33-,34-,35+,36-,37+,38-;;;;/m1..../s1. The van der Waals surface area contributed by atoms with Gasteiger partial charge in [-0.05, 0) is 43.6 Å². The van der Waals surface area contributed by atoms with Crippen molar-refractivity contribution in [3.05, 3.63) is 70.4 Å². The van der Waals surface area contributed by atoms with Crippen LogP contribution < -0.4 is 0 Å². The van der Waals surface area contributed by atoms with E-state index in [1.165, 1.54) is 55.4 Å². The van der Waals surface area contributed by atoms with Crippen LogP contribution in [0, 0.1) is 0 Å². The average molecular weight is 990 g/mol. The monoisotopic (exact) mass is 991 g/mol. The summed E-state index contributed by atoms with van der Waals surface area (Å²) in [7, 11) is -4.38. The third-order valence-corrected chi connectivity index (χ3v) is 41.2. The number of esters is 1. The Bertz CT molecular complexity index is 1440. The molecule has 0 bridgehead atoms. The summed E-state index contributed by atoms with van der Waals surface area (Å²) < 4.78 is 33.1. The Morgan fingerprint density at radius 3 is 1.82 bits per heavy atom. The Labute approximate surface area is 382 Å². The van der Waals surface area contributed by atoms with Crippen molar-refractivity contribution in [1.82, 2.24) is 0 Å². The van der Waals surface area contributed by atoms with Crippen molar-refractivity contribution in [2.45, 2.75) is 245 Å². The van der Waals surface area contributed by atoms with Crippen molar-refractivity contribution in [3.8, 4) is 0 Å². The van der Waals surface area contributed by atoms with Crippen LogP contribution in [0.1, 0.15) is 171 Å². The number of carbonyl (C=O) groups is 1. The summed E-state index contributed by atoms with van der Waals surface area (Å²) in [5.41, 5.74) is 2.48. The first-order valence-corrected chi connectivity index (χ1v) is 37.0. The van der Waals surface area contributed by atoms with Gasteiger partial charge in [0.15, 0.2) is 8.32 Å². The van der Waals surface area contributed by atoms with E-state index in [0.29, 0.717) is 40.6 Å². The second-order valence-corrected chi connectivity index (χ2v) is 44.8. The van der Waals surface area contributed by atoms with E-state index in [1.54, 1.807) is 12.1 Å². The SMILES string of the molecule is C=C(C[C@@H](O)[C@@H]1O[C@@H]1[C@@H](C[C](=C)[Sn]([CH2]CCC)([CH2]CCC)[CH2]CCC)O[Si](C(C)C)(C(C)C)C(C)C)[C@H](CC[C@@H](C/C=C\C)O[Si](C)(C)C(C)(C)C)OC(=O)c1ccccc1. The fourth-order valence-corrected chi connectivity index (χ4v) is 32.4. The summed E-state index contributed by atoms with van der Waals surface area (Å²) in [6, 6.07) is 9.16. The number of ether oxygens (including phenoxy) is 2. The molecule has 0 unspecified atom stereocenters. The minimum atomic E-state index is -2.82. The molecule has 1 aliphatic heterocycles. The zero-order valence-electron chi connectivity index (χ0n) is 42.0. The molecule has 1 aromatic carbocycles. The number of unbranched alkanes of at least 4 members (excludes halogenated alkanes) is 3. The number of hydrogen-bond donors (Lipinski definition) is 1. The van der Waals surface area contributed by atoms with Crippen molar-refractivity contribution >= 4 is 41.0 Å². The van der Waals surface area contributed by atoms with Gasteiger partial charge in [-0.3, -0.25) is 0 Å². The van der Waals surface area contributed by atoms with Gasteiger partial charge < -0.3 is 4.43 Å². The average Bonchev–Trinajstić information content (AvgIpc) is 4.00. The van der Waals surface area contributed by atoms with E-state index in [0.717, 1.165) is 12.8 Å². The minimum absolute atomic E-state index is 0.0216. The van der Waals surface area contributed by atoms with Crippen LogP contribution in [0.3, 0.4) is 0 Å². The van der Waals surface area contributed by atoms with Crippen LogP contribution in [0.2, 0.25) is 48.1 Å². The van der Waals surface area contributed by atoms with Gasteiger partial charge in [-0.25, -0.2) is 0 Å². The predicted molar refractivity (Wildman–Crippen MR) is 269 cm³/mol. The molecule has 1 fully saturated rings. The maximum absolute atomic E-state index is 13.6. The molecule has 6 nitrogen and oxygen atoms in total. The quantitative estimate of drug-likeness (QED) is 0.0346. The van der Waals surface area contributed by atoms with Crippen LogP contribution in [-0.2, 0) is 18.3 Å². The number of epoxide rings is 1. The van der Waals surface area contributed by atoms with E-state index in [1.807, 2.05) is 25.1 Å². The first kappa shape index (κ1) is 56.1. The van der Waals surface area contributed by atoms with Crippen molar-refractivity contribution in [2.75, 3.05) is 0 Å². The van der Waals surface area contributed by atoms with Crippen molar-refractivity contribution in [3.63, 3.8) is 0 Å². The third-order valence-electron chi connectivity index (χ3n) is 14.4. The van der Waals surface area contributed by atoms with E-state index in [4.69, 9.17) is 24.9 Å². The molecule has 1 heterocycles. The van der Waals surface area contributed by atoms with E-state index >= 15 is 0 Å². The van der Waals surface area contributed by atoms with Crippen molar-refractivity contribution in [2.24, 2.45) is 0 Å². The van der Waals surface area contributed by atoms with Crippen LogP contribution in [0.15, 0.2) is 64.8 Å². The molecular formula is C52H94O6Si2Sn. The van der Waals surface area contributed by atoms with E-state index < -0.39 is 47.2 Å². The molecule has 0 aliphatic carbocycles. The molecule has 0 amide bonds. The topological polar surface area (TPSA) is 77.5 Å². The fraction of sp³-hybridized carbons (Fsp3) is 0.750. The van der Waals surface area contributed by atoms with Crippen LogP contribution in [-0.4, -0.2) is 82.7 Å². The normalized spacial score (nSPS) is 18.5. The van der Waals surface area contributed by atoms with Gasteiger partial charge in [0.05, 0.1) is 0 Å². The number of aliphatic hydroxyl groups excluding tert-OH is 1. The maximum atomic E-state index is 13.6. The molecule has 0 spiro atoms. The Morgan fingerprint density at radius 1 is 0.836 bits per heavy atom. The van der Waals surface area contributed by atoms with Crippen LogP contribution in [0.5, 0.6) is 0 Å². The summed E-state index contributed by atoms with van der Waals surface area (Å²) in [6.45, 7) is 44.0. The summed E-state index contributed by atoms with van der Waals surface area (Å²) in [5, 5.41) is 12.1. The second-order valence-electron chi connectivity index (χ2n) is 21.0. The number of benzene rings is 1.